The number of esters is 1. The number of likely N-dealkylation sites (N-methyl/N-ethyl adjacent to an activating group) is 1. The molecule has 1 saturated heterocycles. The first kappa shape index (κ1) is 24.9. The molecule has 2 aliphatic heterocycles. The molecule has 2 aromatic carbocycles. The molecule has 0 aliphatic carbocycles. The maximum absolute atomic E-state index is 13.1. The van der Waals surface area contributed by atoms with Crippen molar-refractivity contribution in [2.45, 2.75) is 17.9 Å². The Morgan fingerprint density at radius 2 is 1.60 bits per heavy atom. The summed E-state index contributed by atoms with van der Waals surface area (Å²) in [5.41, 5.74) is 1.73. The lowest BCUT2D eigenvalue weighted by molar-refractivity contribution is -0.139. The largest absolute Gasteiger partial charge is 0.463 e. The first-order chi connectivity index (χ1) is 16.8. The highest BCUT2D eigenvalue weighted by molar-refractivity contribution is 7.89. The highest BCUT2D eigenvalue weighted by atomic mass is 32.2. The summed E-state index contributed by atoms with van der Waals surface area (Å²) in [6.45, 7) is 3.85. The number of nitrogens with one attached hydrogen (secondary N) is 1. The van der Waals surface area contributed by atoms with Gasteiger partial charge in [-0.25, -0.2) is 18.0 Å². The highest BCUT2D eigenvalue weighted by Crippen LogP contribution is 2.31. The number of benzene rings is 2. The fourth-order valence-corrected chi connectivity index (χ4v) is 5.82. The van der Waals surface area contributed by atoms with Crippen molar-refractivity contribution in [3.8, 4) is 0 Å². The number of hydrogen-bond donors (Lipinski definition) is 1. The Morgan fingerprint density at radius 3 is 2.20 bits per heavy atom. The second kappa shape index (κ2) is 10.6. The van der Waals surface area contributed by atoms with E-state index in [4.69, 9.17) is 4.74 Å². The second-order valence-electron chi connectivity index (χ2n) is 8.43. The predicted molar refractivity (Wildman–Crippen MR) is 131 cm³/mol. The summed E-state index contributed by atoms with van der Waals surface area (Å²) < 4.78 is 32.8. The van der Waals surface area contributed by atoms with Gasteiger partial charge >= 0.3 is 12.0 Å². The second-order valence-corrected chi connectivity index (χ2v) is 10.4. The molecule has 0 saturated carbocycles. The Morgan fingerprint density at radius 1 is 1.00 bits per heavy atom. The van der Waals surface area contributed by atoms with E-state index in [1.54, 1.807) is 44.3 Å². The van der Waals surface area contributed by atoms with E-state index in [1.165, 1.54) is 9.21 Å². The summed E-state index contributed by atoms with van der Waals surface area (Å²) in [4.78, 5) is 29.7. The molecule has 1 fully saturated rings. The van der Waals surface area contributed by atoms with Crippen LogP contribution in [-0.2, 0) is 19.6 Å². The van der Waals surface area contributed by atoms with Gasteiger partial charge < -0.3 is 10.1 Å². The summed E-state index contributed by atoms with van der Waals surface area (Å²) in [5, 5.41) is 2.91. The van der Waals surface area contributed by atoms with Crippen LogP contribution in [-0.4, -0.2) is 80.9 Å². The number of carbonyl (C=O) groups excluding carboxylic acids is 2. The number of carbonyl (C=O) groups is 2. The summed E-state index contributed by atoms with van der Waals surface area (Å²) in [6, 6.07) is 16.8. The molecule has 2 amide bonds. The van der Waals surface area contributed by atoms with Crippen molar-refractivity contribution in [3.05, 3.63) is 77.5 Å². The Labute approximate surface area is 206 Å². The third-order valence-electron chi connectivity index (χ3n) is 6.29. The molecule has 0 aromatic heterocycles. The molecule has 0 spiro atoms. The number of hydrogen-bond acceptors (Lipinski definition) is 6. The molecule has 9 nitrogen and oxygen atoms in total. The molecule has 0 bridgehead atoms. The van der Waals surface area contributed by atoms with Crippen LogP contribution in [0.15, 0.2) is 76.8 Å². The van der Waals surface area contributed by atoms with Crippen LogP contribution in [0.4, 0.5) is 4.79 Å². The molecule has 2 aromatic rings. The van der Waals surface area contributed by atoms with Gasteiger partial charge in [-0.1, -0.05) is 48.5 Å². The van der Waals surface area contributed by atoms with E-state index < -0.39 is 22.0 Å². The molecule has 2 aliphatic rings. The first-order valence-electron chi connectivity index (χ1n) is 11.6. The highest BCUT2D eigenvalue weighted by Gasteiger charge is 2.38. The number of ether oxygens (including phenoxy) is 1. The maximum Gasteiger partial charge on any atom is 0.338 e. The zero-order valence-electron chi connectivity index (χ0n) is 19.9. The number of rotatable bonds is 7. The lowest BCUT2D eigenvalue weighted by Crippen LogP contribution is -2.53. The fraction of sp³-hybridized carbons (Fsp3) is 0.360. The lowest BCUT2D eigenvalue weighted by Gasteiger charge is -2.39. The van der Waals surface area contributed by atoms with E-state index in [1.807, 2.05) is 30.3 Å². The third kappa shape index (κ3) is 5.24. The lowest BCUT2D eigenvalue weighted by atomic mass is 9.94. The van der Waals surface area contributed by atoms with Gasteiger partial charge in [0.25, 0.3) is 0 Å². The zero-order chi connectivity index (χ0) is 25.0. The van der Waals surface area contributed by atoms with Crippen molar-refractivity contribution >= 4 is 22.0 Å². The predicted octanol–water partition coefficient (Wildman–Crippen LogP) is 2.21. The monoisotopic (exact) mass is 498 g/mol. The molecule has 10 heteroatoms. The minimum absolute atomic E-state index is 0.213. The van der Waals surface area contributed by atoms with Gasteiger partial charge in [-0.15, -0.1) is 0 Å². The quantitative estimate of drug-likeness (QED) is 0.588. The van der Waals surface area contributed by atoms with Crippen molar-refractivity contribution < 1.29 is 22.7 Å². The van der Waals surface area contributed by atoms with Crippen molar-refractivity contribution in [1.82, 2.24) is 19.4 Å². The number of urea groups is 1. The Hall–Kier alpha value is -3.21. The van der Waals surface area contributed by atoms with Crippen molar-refractivity contribution in [1.29, 1.82) is 0 Å². The van der Waals surface area contributed by atoms with Crippen LogP contribution in [0.3, 0.4) is 0 Å². The third-order valence-corrected chi connectivity index (χ3v) is 8.20. The van der Waals surface area contributed by atoms with Gasteiger partial charge in [0.15, 0.2) is 0 Å². The molecular formula is C25H30N4O5S. The summed E-state index contributed by atoms with van der Waals surface area (Å²) >= 11 is 0. The van der Waals surface area contributed by atoms with Crippen LogP contribution in [0.5, 0.6) is 0 Å². The Kier molecular flexibility index (Phi) is 7.54. The fourth-order valence-electron chi connectivity index (χ4n) is 4.37. The smallest absolute Gasteiger partial charge is 0.338 e. The van der Waals surface area contributed by atoms with E-state index in [0.29, 0.717) is 44.0 Å². The molecule has 35 heavy (non-hydrogen) atoms. The number of amides is 2. The van der Waals surface area contributed by atoms with Crippen LogP contribution in [0.2, 0.25) is 0 Å². The molecule has 0 unspecified atom stereocenters. The summed E-state index contributed by atoms with van der Waals surface area (Å²) in [5.74, 6) is -0.478. The van der Waals surface area contributed by atoms with Gasteiger partial charge in [0.2, 0.25) is 10.0 Å². The van der Waals surface area contributed by atoms with Gasteiger partial charge in [-0.2, -0.15) is 4.31 Å². The van der Waals surface area contributed by atoms with Crippen LogP contribution < -0.4 is 5.32 Å². The SMILES string of the molecule is CCOC(=O)C1=C(CN2CCN(S(=O)(=O)c3ccccc3)CC2)N(C)C(=O)N[C@H]1c1ccccc1. The average molecular weight is 499 g/mol. The minimum atomic E-state index is -3.57. The summed E-state index contributed by atoms with van der Waals surface area (Å²) in [7, 11) is -1.94. The van der Waals surface area contributed by atoms with Crippen molar-refractivity contribution in [2.24, 2.45) is 0 Å². The van der Waals surface area contributed by atoms with E-state index >= 15 is 0 Å². The van der Waals surface area contributed by atoms with Gasteiger partial charge in [0.05, 0.1) is 23.1 Å². The summed E-state index contributed by atoms with van der Waals surface area (Å²) in [6.07, 6.45) is 0. The molecule has 2 heterocycles. The molecular weight excluding hydrogens is 468 g/mol. The number of piperazine rings is 1. The van der Waals surface area contributed by atoms with Crippen LogP contribution >= 0.6 is 0 Å². The normalized spacial score (nSPS) is 20.0. The Bertz CT molecular complexity index is 1190. The van der Waals surface area contributed by atoms with Crippen LogP contribution in [0, 0.1) is 0 Å². The average Bonchev–Trinajstić information content (AvgIpc) is 2.88. The molecule has 1 atom stereocenters. The van der Waals surface area contributed by atoms with E-state index in [0.717, 1.165) is 5.56 Å². The van der Waals surface area contributed by atoms with Gasteiger partial charge in [0, 0.05) is 45.5 Å². The van der Waals surface area contributed by atoms with Gasteiger partial charge in [-0.05, 0) is 24.6 Å². The van der Waals surface area contributed by atoms with E-state index in [9.17, 15) is 18.0 Å². The standard InChI is InChI=1S/C25H30N4O5S/c1-3-34-24(30)22-21(27(2)25(31)26-23(22)19-10-6-4-7-11-19)18-28-14-16-29(17-15-28)35(32,33)20-12-8-5-9-13-20/h4-13,23H,3,14-18H2,1-2H3,(H,26,31)/t23-/m0/s1. The molecule has 4 rings (SSSR count). The number of sulfonamides is 1. The Balaban J connectivity index is 1.58. The van der Waals surface area contributed by atoms with Crippen molar-refractivity contribution in [2.75, 3.05) is 46.4 Å². The molecule has 0 radical (unpaired) electrons. The number of nitrogens with zero attached hydrogens (tertiary/aromatic N) is 3. The van der Waals surface area contributed by atoms with E-state index in [-0.39, 0.29) is 17.5 Å². The zero-order valence-corrected chi connectivity index (χ0v) is 20.7. The van der Waals surface area contributed by atoms with Crippen molar-refractivity contribution in [3.63, 3.8) is 0 Å². The van der Waals surface area contributed by atoms with Crippen LogP contribution in [0.1, 0.15) is 18.5 Å². The maximum atomic E-state index is 13.1. The molecule has 1 N–H and O–H groups in total. The van der Waals surface area contributed by atoms with Crippen LogP contribution in [0.25, 0.3) is 0 Å². The minimum Gasteiger partial charge on any atom is -0.463 e. The molecule has 186 valence electrons. The first-order valence-corrected chi connectivity index (χ1v) is 13.0. The topological polar surface area (TPSA) is 99.3 Å². The van der Waals surface area contributed by atoms with E-state index in [2.05, 4.69) is 10.2 Å². The van der Waals surface area contributed by atoms with Gasteiger partial charge in [-0.3, -0.25) is 9.80 Å². The van der Waals surface area contributed by atoms with Gasteiger partial charge in [0.1, 0.15) is 0 Å².